The molecule has 0 unspecified atom stereocenters. The summed E-state index contributed by atoms with van der Waals surface area (Å²) in [7, 11) is 0. The van der Waals surface area contributed by atoms with Crippen molar-refractivity contribution in [3.05, 3.63) is 72.9 Å². The van der Waals surface area contributed by atoms with E-state index in [9.17, 15) is 4.79 Å². The number of primary amides is 1. The molecule has 1 saturated heterocycles. The maximum atomic E-state index is 11.0. The van der Waals surface area contributed by atoms with E-state index in [0.29, 0.717) is 17.4 Å². The van der Waals surface area contributed by atoms with Crippen LogP contribution in [0.4, 0.5) is 11.5 Å². The summed E-state index contributed by atoms with van der Waals surface area (Å²) in [4.78, 5) is 20.5. The first-order chi connectivity index (χ1) is 17.7. The Morgan fingerprint density at radius 2 is 1.89 bits per heavy atom. The highest BCUT2D eigenvalue weighted by atomic mass is 16.5. The minimum absolute atomic E-state index is 0.189. The average molecular weight is 483 g/mol. The van der Waals surface area contributed by atoms with Gasteiger partial charge in [0.05, 0.1) is 17.2 Å². The summed E-state index contributed by atoms with van der Waals surface area (Å²) in [6, 6.07) is 21.0. The lowest BCUT2D eigenvalue weighted by Gasteiger charge is -2.12. The van der Waals surface area contributed by atoms with Crippen molar-refractivity contribution in [3.63, 3.8) is 0 Å². The lowest BCUT2D eigenvalue weighted by Crippen LogP contribution is -2.19. The Bertz CT molecular complexity index is 1490. The molecule has 9 nitrogen and oxygen atoms in total. The predicted molar refractivity (Wildman–Crippen MR) is 139 cm³/mol. The van der Waals surface area contributed by atoms with Crippen LogP contribution in [0.5, 0.6) is 5.75 Å². The number of nitrogens with two attached hydrogens (primary N) is 1. The molecule has 0 aliphatic carbocycles. The molecule has 0 bridgehead atoms. The molecule has 182 valence electrons. The maximum absolute atomic E-state index is 11.0. The molecule has 6 rings (SSSR count). The number of nitrogens with zero attached hydrogens (tertiary/aromatic N) is 3. The van der Waals surface area contributed by atoms with Gasteiger partial charge in [0.25, 0.3) is 5.91 Å². The third-order valence-corrected chi connectivity index (χ3v) is 5.61. The van der Waals surface area contributed by atoms with Gasteiger partial charge in [-0.05, 0) is 55.3 Å². The van der Waals surface area contributed by atoms with E-state index < -0.39 is 5.91 Å². The Morgan fingerprint density at radius 3 is 2.69 bits per heavy atom. The number of carbonyl (C=O) groups is 1. The van der Waals surface area contributed by atoms with E-state index in [1.165, 1.54) is 12.8 Å². The standard InChI is InChI=1S/C23H18N6O2.C4H8O/c24-21(30)13-31-17-5-3-4-14(11-17)22-27-20-7-2-1-6-18(20)23(28-22)26-16-8-9-19-15(10-16)12-25-29-19;1-2-4-5-3-1/h1-12H,13H2,(H2,24,30)(H,25,29)(H,26,27,28);1-4H2. The van der Waals surface area contributed by atoms with Gasteiger partial charge in [-0.15, -0.1) is 0 Å². The number of carbonyl (C=O) groups excluding carboxylic acids is 1. The molecule has 1 aliphatic heterocycles. The van der Waals surface area contributed by atoms with E-state index in [0.717, 1.165) is 46.3 Å². The summed E-state index contributed by atoms with van der Waals surface area (Å²) in [6.07, 6.45) is 4.33. The number of anilines is 2. The predicted octanol–water partition coefficient (Wildman–Crippen LogP) is 4.58. The zero-order valence-electron chi connectivity index (χ0n) is 19.6. The molecular weight excluding hydrogens is 456 g/mol. The van der Waals surface area contributed by atoms with Gasteiger partial charge in [0.1, 0.15) is 11.6 Å². The Labute approximate surface area is 207 Å². The van der Waals surface area contributed by atoms with E-state index in [1.54, 1.807) is 18.3 Å². The first-order valence-electron chi connectivity index (χ1n) is 11.7. The molecule has 4 N–H and O–H groups in total. The number of para-hydroxylation sites is 1. The third kappa shape index (κ3) is 5.59. The molecule has 9 heteroatoms. The Hall–Kier alpha value is -4.50. The molecule has 0 spiro atoms. The number of aromatic amines is 1. The molecule has 0 atom stereocenters. The molecule has 1 amide bonds. The van der Waals surface area contributed by atoms with Gasteiger partial charge in [0, 0.05) is 35.2 Å². The molecule has 0 radical (unpaired) electrons. The van der Waals surface area contributed by atoms with Crippen molar-refractivity contribution in [1.82, 2.24) is 20.2 Å². The Morgan fingerprint density at radius 1 is 1.03 bits per heavy atom. The maximum Gasteiger partial charge on any atom is 0.255 e. The van der Waals surface area contributed by atoms with Gasteiger partial charge < -0.3 is 20.5 Å². The van der Waals surface area contributed by atoms with E-state index in [2.05, 4.69) is 15.5 Å². The van der Waals surface area contributed by atoms with Gasteiger partial charge in [-0.2, -0.15) is 5.10 Å². The van der Waals surface area contributed by atoms with Gasteiger partial charge in [0.15, 0.2) is 12.4 Å². The molecule has 36 heavy (non-hydrogen) atoms. The van der Waals surface area contributed by atoms with Crippen molar-refractivity contribution in [1.29, 1.82) is 0 Å². The van der Waals surface area contributed by atoms with Crippen molar-refractivity contribution >= 4 is 39.2 Å². The number of H-pyrrole nitrogens is 1. The number of hydrogen-bond acceptors (Lipinski definition) is 7. The van der Waals surface area contributed by atoms with Gasteiger partial charge in [-0.25, -0.2) is 9.97 Å². The van der Waals surface area contributed by atoms with E-state index >= 15 is 0 Å². The zero-order valence-corrected chi connectivity index (χ0v) is 19.6. The minimum atomic E-state index is -0.534. The van der Waals surface area contributed by atoms with Crippen LogP contribution in [-0.2, 0) is 9.53 Å². The van der Waals surface area contributed by atoms with Crippen molar-refractivity contribution in [2.24, 2.45) is 5.73 Å². The smallest absolute Gasteiger partial charge is 0.255 e. The second kappa shape index (κ2) is 10.8. The van der Waals surface area contributed by atoms with Gasteiger partial charge in [-0.3, -0.25) is 9.89 Å². The molecule has 1 aliphatic rings. The number of fused-ring (bicyclic) bond motifs is 2. The molecule has 1 fully saturated rings. The molecule has 2 aromatic heterocycles. The zero-order chi connectivity index (χ0) is 24.7. The van der Waals surface area contributed by atoms with Crippen LogP contribution in [0, 0.1) is 0 Å². The number of rotatable bonds is 6. The van der Waals surface area contributed by atoms with Gasteiger partial charge in [-0.1, -0.05) is 24.3 Å². The topological polar surface area (TPSA) is 128 Å². The van der Waals surface area contributed by atoms with Crippen LogP contribution in [0.3, 0.4) is 0 Å². The highest BCUT2D eigenvalue weighted by Crippen LogP contribution is 2.29. The summed E-state index contributed by atoms with van der Waals surface area (Å²) in [6.45, 7) is 1.81. The number of amides is 1. The summed E-state index contributed by atoms with van der Waals surface area (Å²) in [5, 5.41) is 12.3. The highest BCUT2D eigenvalue weighted by molar-refractivity contribution is 5.93. The lowest BCUT2D eigenvalue weighted by atomic mass is 10.1. The second-order valence-electron chi connectivity index (χ2n) is 8.31. The number of hydrogen-bond donors (Lipinski definition) is 3. The Kier molecular flexibility index (Phi) is 7.00. The third-order valence-electron chi connectivity index (χ3n) is 5.61. The van der Waals surface area contributed by atoms with Crippen LogP contribution in [0.15, 0.2) is 72.9 Å². The number of nitrogens with one attached hydrogen (secondary N) is 2. The molecule has 0 saturated carbocycles. The van der Waals surface area contributed by atoms with Gasteiger partial charge in [0.2, 0.25) is 0 Å². The van der Waals surface area contributed by atoms with Crippen LogP contribution in [0.25, 0.3) is 33.2 Å². The Balaban J connectivity index is 0.000000477. The first kappa shape index (κ1) is 23.3. The summed E-state index contributed by atoms with van der Waals surface area (Å²) < 4.78 is 10.4. The molecule has 3 heterocycles. The monoisotopic (exact) mass is 482 g/mol. The molecular formula is C27H26N6O3. The van der Waals surface area contributed by atoms with Crippen LogP contribution in [0.1, 0.15) is 12.8 Å². The fourth-order valence-electron chi connectivity index (χ4n) is 3.85. The van der Waals surface area contributed by atoms with Crippen LogP contribution in [0.2, 0.25) is 0 Å². The summed E-state index contributed by atoms with van der Waals surface area (Å²) >= 11 is 0. The van der Waals surface area contributed by atoms with Crippen molar-refractivity contribution < 1.29 is 14.3 Å². The van der Waals surface area contributed by atoms with Crippen LogP contribution < -0.4 is 15.8 Å². The molecule has 3 aromatic carbocycles. The van der Waals surface area contributed by atoms with E-state index in [4.69, 9.17) is 25.2 Å². The summed E-state index contributed by atoms with van der Waals surface area (Å²) in [5.74, 6) is 1.21. The van der Waals surface area contributed by atoms with Crippen LogP contribution in [-0.4, -0.2) is 45.9 Å². The minimum Gasteiger partial charge on any atom is -0.484 e. The molecule has 5 aromatic rings. The summed E-state index contributed by atoms with van der Waals surface area (Å²) in [5.41, 5.74) is 8.60. The number of aromatic nitrogens is 4. The van der Waals surface area contributed by atoms with Crippen molar-refractivity contribution in [2.45, 2.75) is 12.8 Å². The van der Waals surface area contributed by atoms with Crippen molar-refractivity contribution in [3.8, 4) is 17.1 Å². The fourth-order valence-corrected chi connectivity index (χ4v) is 3.85. The lowest BCUT2D eigenvalue weighted by molar-refractivity contribution is -0.119. The average Bonchev–Trinajstić information content (AvgIpc) is 3.63. The van der Waals surface area contributed by atoms with E-state index in [1.807, 2.05) is 54.6 Å². The quantitative estimate of drug-likeness (QED) is 0.323. The van der Waals surface area contributed by atoms with E-state index in [-0.39, 0.29) is 6.61 Å². The largest absolute Gasteiger partial charge is 0.484 e. The van der Waals surface area contributed by atoms with Gasteiger partial charge >= 0.3 is 0 Å². The number of ether oxygens (including phenoxy) is 2. The SMILES string of the molecule is C1CCOC1.NC(=O)COc1cccc(-c2nc(Nc3ccc4[nH]ncc4c3)c3ccccc3n2)c1. The normalized spacial score (nSPS) is 12.8. The fraction of sp³-hybridized carbons (Fsp3) is 0.185. The highest BCUT2D eigenvalue weighted by Gasteiger charge is 2.11. The van der Waals surface area contributed by atoms with Crippen LogP contribution >= 0.6 is 0 Å². The van der Waals surface area contributed by atoms with Crippen molar-refractivity contribution in [2.75, 3.05) is 25.1 Å². The number of benzene rings is 3. The first-order valence-corrected chi connectivity index (χ1v) is 11.7. The second-order valence-corrected chi connectivity index (χ2v) is 8.31.